The molecule has 3 rings (SSSR count). The molecule has 0 aliphatic carbocycles. The SMILES string of the molecule is COc1ccc2cc(CNC(C)C3CCCO3)ccc2c1. The quantitative estimate of drug-likeness (QED) is 0.912. The van der Waals surface area contributed by atoms with Crippen LogP contribution in [-0.2, 0) is 11.3 Å². The van der Waals surface area contributed by atoms with E-state index in [-0.39, 0.29) is 0 Å². The fraction of sp³-hybridized carbons (Fsp3) is 0.444. The van der Waals surface area contributed by atoms with Gasteiger partial charge in [0.2, 0.25) is 0 Å². The Hall–Kier alpha value is -1.58. The highest BCUT2D eigenvalue weighted by atomic mass is 16.5. The van der Waals surface area contributed by atoms with Crippen molar-refractivity contribution in [3.63, 3.8) is 0 Å². The number of rotatable bonds is 5. The molecule has 0 spiro atoms. The lowest BCUT2D eigenvalue weighted by Gasteiger charge is -2.20. The third-order valence-corrected chi connectivity index (χ3v) is 4.26. The van der Waals surface area contributed by atoms with Gasteiger partial charge in [-0.15, -0.1) is 0 Å². The summed E-state index contributed by atoms with van der Waals surface area (Å²) in [5.74, 6) is 0.903. The maximum atomic E-state index is 5.72. The predicted molar refractivity (Wildman–Crippen MR) is 85.8 cm³/mol. The molecule has 1 fully saturated rings. The van der Waals surface area contributed by atoms with E-state index in [1.54, 1.807) is 7.11 Å². The summed E-state index contributed by atoms with van der Waals surface area (Å²) in [5.41, 5.74) is 1.30. The van der Waals surface area contributed by atoms with Gasteiger partial charge in [0.25, 0.3) is 0 Å². The fourth-order valence-electron chi connectivity index (χ4n) is 2.92. The standard InChI is InChI=1S/C18H23NO2/c1-13(18-4-3-9-21-18)19-12-14-5-6-16-11-17(20-2)8-7-15(16)10-14/h5-8,10-11,13,18-19H,3-4,9,12H2,1-2H3. The molecule has 3 nitrogen and oxygen atoms in total. The van der Waals surface area contributed by atoms with E-state index in [0.717, 1.165) is 18.9 Å². The van der Waals surface area contributed by atoms with Crippen molar-refractivity contribution in [3.8, 4) is 5.75 Å². The molecule has 0 amide bonds. The second-order valence-electron chi connectivity index (χ2n) is 5.77. The molecule has 2 unspecified atom stereocenters. The van der Waals surface area contributed by atoms with Crippen molar-refractivity contribution in [3.05, 3.63) is 42.0 Å². The second-order valence-corrected chi connectivity index (χ2v) is 5.77. The normalized spacial score (nSPS) is 19.8. The minimum absolute atomic E-state index is 0.370. The average Bonchev–Trinajstić information content (AvgIpc) is 3.06. The van der Waals surface area contributed by atoms with Crippen LogP contribution < -0.4 is 10.1 Å². The zero-order valence-corrected chi connectivity index (χ0v) is 12.8. The molecule has 0 radical (unpaired) electrons. The Bertz CT molecular complexity index is 605. The smallest absolute Gasteiger partial charge is 0.119 e. The Kier molecular flexibility index (Phi) is 4.42. The number of hydrogen-bond acceptors (Lipinski definition) is 3. The zero-order chi connectivity index (χ0) is 14.7. The van der Waals surface area contributed by atoms with Crippen molar-refractivity contribution in [2.24, 2.45) is 0 Å². The molecule has 0 aromatic heterocycles. The number of benzene rings is 2. The molecule has 1 N–H and O–H groups in total. The molecule has 2 atom stereocenters. The van der Waals surface area contributed by atoms with Crippen molar-refractivity contribution in [1.82, 2.24) is 5.32 Å². The highest BCUT2D eigenvalue weighted by molar-refractivity contribution is 5.84. The van der Waals surface area contributed by atoms with E-state index in [1.165, 1.54) is 29.2 Å². The second kappa shape index (κ2) is 6.46. The number of hydrogen-bond donors (Lipinski definition) is 1. The zero-order valence-electron chi connectivity index (χ0n) is 12.8. The average molecular weight is 285 g/mol. The molecule has 21 heavy (non-hydrogen) atoms. The highest BCUT2D eigenvalue weighted by Crippen LogP contribution is 2.22. The number of fused-ring (bicyclic) bond motifs is 1. The van der Waals surface area contributed by atoms with Gasteiger partial charge in [0.15, 0.2) is 0 Å². The van der Waals surface area contributed by atoms with Crippen LogP contribution in [-0.4, -0.2) is 25.9 Å². The van der Waals surface area contributed by atoms with Crippen LogP contribution >= 0.6 is 0 Å². The van der Waals surface area contributed by atoms with Gasteiger partial charge in [0.1, 0.15) is 5.75 Å². The maximum Gasteiger partial charge on any atom is 0.119 e. The lowest BCUT2D eigenvalue weighted by atomic mass is 10.1. The monoisotopic (exact) mass is 285 g/mol. The minimum Gasteiger partial charge on any atom is -0.497 e. The van der Waals surface area contributed by atoms with Crippen LogP contribution in [0, 0.1) is 0 Å². The predicted octanol–water partition coefficient (Wildman–Crippen LogP) is 3.51. The molecule has 3 heteroatoms. The first-order valence-corrected chi connectivity index (χ1v) is 7.68. The van der Waals surface area contributed by atoms with Crippen LogP contribution in [0.1, 0.15) is 25.3 Å². The van der Waals surface area contributed by atoms with E-state index in [2.05, 4.69) is 42.6 Å². The molecular weight excluding hydrogens is 262 g/mol. The highest BCUT2D eigenvalue weighted by Gasteiger charge is 2.21. The molecule has 2 aromatic carbocycles. The lowest BCUT2D eigenvalue weighted by molar-refractivity contribution is 0.0832. The van der Waals surface area contributed by atoms with Crippen molar-refractivity contribution in [1.29, 1.82) is 0 Å². The Morgan fingerprint density at radius 2 is 2.05 bits per heavy atom. The lowest BCUT2D eigenvalue weighted by Crippen LogP contribution is -2.36. The Labute approximate surface area is 126 Å². The number of ether oxygens (including phenoxy) is 2. The van der Waals surface area contributed by atoms with Gasteiger partial charge in [-0.1, -0.05) is 18.2 Å². The summed E-state index contributed by atoms with van der Waals surface area (Å²) in [5, 5.41) is 6.04. The first kappa shape index (κ1) is 14.4. The van der Waals surface area contributed by atoms with Gasteiger partial charge < -0.3 is 14.8 Å². The first-order chi connectivity index (χ1) is 10.3. The van der Waals surface area contributed by atoms with Gasteiger partial charge in [-0.05, 0) is 54.3 Å². The summed E-state index contributed by atoms with van der Waals surface area (Å²) in [7, 11) is 1.70. The van der Waals surface area contributed by atoms with Crippen molar-refractivity contribution >= 4 is 10.8 Å². The van der Waals surface area contributed by atoms with Crippen LogP contribution in [0.2, 0.25) is 0 Å². The summed E-state index contributed by atoms with van der Waals surface area (Å²) in [6, 6.07) is 13.2. The first-order valence-electron chi connectivity index (χ1n) is 7.68. The Morgan fingerprint density at radius 3 is 2.81 bits per heavy atom. The number of nitrogens with one attached hydrogen (secondary N) is 1. The van der Waals surface area contributed by atoms with E-state index < -0.39 is 0 Å². The Balaban J connectivity index is 1.66. The Morgan fingerprint density at radius 1 is 1.24 bits per heavy atom. The van der Waals surface area contributed by atoms with Crippen LogP contribution in [0.25, 0.3) is 10.8 Å². The maximum absolute atomic E-state index is 5.72. The fourth-order valence-corrected chi connectivity index (χ4v) is 2.92. The van der Waals surface area contributed by atoms with E-state index >= 15 is 0 Å². The van der Waals surface area contributed by atoms with Crippen LogP contribution in [0.4, 0.5) is 0 Å². The molecule has 2 aromatic rings. The third kappa shape index (κ3) is 3.36. The van der Waals surface area contributed by atoms with Gasteiger partial charge in [0, 0.05) is 19.2 Å². The van der Waals surface area contributed by atoms with Gasteiger partial charge in [-0.3, -0.25) is 0 Å². The van der Waals surface area contributed by atoms with Gasteiger partial charge in [-0.2, -0.15) is 0 Å². The van der Waals surface area contributed by atoms with Crippen molar-refractivity contribution < 1.29 is 9.47 Å². The van der Waals surface area contributed by atoms with Gasteiger partial charge >= 0.3 is 0 Å². The van der Waals surface area contributed by atoms with Crippen LogP contribution in [0.3, 0.4) is 0 Å². The molecule has 1 aliphatic rings. The van der Waals surface area contributed by atoms with Crippen LogP contribution in [0.5, 0.6) is 5.75 Å². The molecule has 0 saturated carbocycles. The van der Waals surface area contributed by atoms with E-state index in [1.807, 2.05) is 6.07 Å². The third-order valence-electron chi connectivity index (χ3n) is 4.26. The summed E-state index contributed by atoms with van der Waals surface area (Å²) < 4.78 is 11.0. The summed E-state index contributed by atoms with van der Waals surface area (Å²) in [6.45, 7) is 4.00. The van der Waals surface area contributed by atoms with Crippen molar-refractivity contribution in [2.45, 2.75) is 38.5 Å². The van der Waals surface area contributed by atoms with E-state index in [9.17, 15) is 0 Å². The van der Waals surface area contributed by atoms with Gasteiger partial charge in [-0.25, -0.2) is 0 Å². The number of methoxy groups -OCH3 is 1. The van der Waals surface area contributed by atoms with Crippen LogP contribution in [0.15, 0.2) is 36.4 Å². The molecular formula is C18H23NO2. The van der Waals surface area contributed by atoms with E-state index in [4.69, 9.17) is 9.47 Å². The molecule has 112 valence electrons. The topological polar surface area (TPSA) is 30.5 Å². The summed E-state index contributed by atoms with van der Waals surface area (Å²) >= 11 is 0. The van der Waals surface area contributed by atoms with Crippen molar-refractivity contribution in [2.75, 3.05) is 13.7 Å². The van der Waals surface area contributed by atoms with Gasteiger partial charge in [0.05, 0.1) is 13.2 Å². The molecule has 1 aliphatic heterocycles. The summed E-state index contributed by atoms with van der Waals surface area (Å²) in [4.78, 5) is 0. The largest absolute Gasteiger partial charge is 0.497 e. The molecule has 1 saturated heterocycles. The minimum atomic E-state index is 0.370. The molecule has 1 heterocycles. The van der Waals surface area contributed by atoms with E-state index in [0.29, 0.717) is 12.1 Å². The molecule has 0 bridgehead atoms. The summed E-state index contributed by atoms with van der Waals surface area (Å²) in [6.07, 6.45) is 2.73.